The minimum absolute atomic E-state index is 0.0179. The molecule has 2 rings (SSSR count). The average molecular weight is 272 g/mol. The van der Waals surface area contributed by atoms with Crippen LogP contribution in [-0.2, 0) is 4.79 Å². The highest BCUT2D eigenvalue weighted by Gasteiger charge is 2.39. The fourth-order valence-corrected chi connectivity index (χ4v) is 1.85. The van der Waals surface area contributed by atoms with Crippen LogP contribution in [0.15, 0.2) is 24.3 Å². The third-order valence-corrected chi connectivity index (χ3v) is 3.11. The van der Waals surface area contributed by atoms with Gasteiger partial charge in [0, 0.05) is 5.92 Å². The van der Waals surface area contributed by atoms with Gasteiger partial charge < -0.3 is 10.6 Å². The van der Waals surface area contributed by atoms with Crippen molar-refractivity contribution in [2.45, 2.75) is 19.5 Å². The third kappa shape index (κ3) is 3.87. The first-order valence-electron chi connectivity index (χ1n) is 6.07. The van der Waals surface area contributed by atoms with Crippen LogP contribution in [0.5, 0.6) is 0 Å². The van der Waals surface area contributed by atoms with E-state index < -0.39 is 12.7 Å². The van der Waals surface area contributed by atoms with E-state index in [0.717, 1.165) is 6.42 Å². The number of halogens is 3. The van der Waals surface area contributed by atoms with E-state index in [9.17, 15) is 18.0 Å². The maximum Gasteiger partial charge on any atom is 0.405 e. The molecule has 1 saturated carbocycles. The summed E-state index contributed by atoms with van der Waals surface area (Å²) >= 11 is 0. The molecule has 0 radical (unpaired) electrons. The summed E-state index contributed by atoms with van der Waals surface area (Å²) in [4.78, 5) is 11.8. The summed E-state index contributed by atoms with van der Waals surface area (Å²) in [5.74, 6) is 0.208. The molecule has 0 spiro atoms. The third-order valence-electron chi connectivity index (χ3n) is 3.11. The first kappa shape index (κ1) is 13.7. The molecule has 2 atom stereocenters. The summed E-state index contributed by atoms with van der Waals surface area (Å²) in [6.07, 6.45) is -3.45. The molecule has 1 aromatic carbocycles. The van der Waals surface area contributed by atoms with Crippen molar-refractivity contribution >= 4 is 17.3 Å². The zero-order valence-electron chi connectivity index (χ0n) is 10.4. The topological polar surface area (TPSA) is 41.1 Å². The lowest BCUT2D eigenvalue weighted by Gasteiger charge is -2.14. The summed E-state index contributed by atoms with van der Waals surface area (Å²) in [5.41, 5.74) is 0.664. The molecule has 1 amide bonds. The number of para-hydroxylation sites is 2. The van der Waals surface area contributed by atoms with Crippen molar-refractivity contribution in [1.29, 1.82) is 0 Å². The van der Waals surface area contributed by atoms with Crippen molar-refractivity contribution in [3.63, 3.8) is 0 Å². The van der Waals surface area contributed by atoms with Crippen LogP contribution in [0.3, 0.4) is 0 Å². The lowest BCUT2D eigenvalue weighted by molar-refractivity contribution is -0.117. The Bertz CT molecular complexity index is 473. The first-order valence-corrected chi connectivity index (χ1v) is 6.07. The predicted octanol–water partition coefficient (Wildman–Crippen LogP) is 3.26. The molecule has 0 heterocycles. The van der Waals surface area contributed by atoms with Gasteiger partial charge in [0.25, 0.3) is 0 Å². The van der Waals surface area contributed by atoms with Gasteiger partial charge in [-0.2, -0.15) is 13.2 Å². The smallest absolute Gasteiger partial charge is 0.375 e. The first-order chi connectivity index (χ1) is 8.87. The van der Waals surface area contributed by atoms with Crippen LogP contribution in [0.25, 0.3) is 0 Å². The van der Waals surface area contributed by atoms with E-state index in [0.29, 0.717) is 11.6 Å². The molecule has 0 saturated heterocycles. The molecule has 0 aromatic heterocycles. The standard InChI is InChI=1S/C13H15F3N2O/c1-8-6-9(8)12(19)18-11-5-3-2-4-10(11)17-7-13(14,15)16/h2-5,8-9,17H,6-7H2,1H3,(H,18,19)/t8-,9-/m0/s1. The zero-order valence-corrected chi connectivity index (χ0v) is 10.4. The highest BCUT2D eigenvalue weighted by atomic mass is 19.4. The van der Waals surface area contributed by atoms with Crippen molar-refractivity contribution in [3.05, 3.63) is 24.3 Å². The predicted molar refractivity (Wildman–Crippen MR) is 66.9 cm³/mol. The van der Waals surface area contributed by atoms with Crippen LogP contribution in [0, 0.1) is 11.8 Å². The van der Waals surface area contributed by atoms with E-state index in [1.165, 1.54) is 6.07 Å². The number of alkyl halides is 3. The molecule has 2 N–H and O–H groups in total. The van der Waals surface area contributed by atoms with E-state index in [1.807, 2.05) is 6.92 Å². The van der Waals surface area contributed by atoms with Gasteiger partial charge in [-0.3, -0.25) is 4.79 Å². The molecule has 3 nitrogen and oxygen atoms in total. The molecule has 104 valence electrons. The van der Waals surface area contributed by atoms with Gasteiger partial charge in [-0.1, -0.05) is 19.1 Å². The van der Waals surface area contributed by atoms with Gasteiger partial charge in [-0.25, -0.2) is 0 Å². The fourth-order valence-electron chi connectivity index (χ4n) is 1.85. The number of nitrogens with one attached hydrogen (secondary N) is 2. The summed E-state index contributed by atoms with van der Waals surface area (Å²) in [6.45, 7) is 0.845. The van der Waals surface area contributed by atoms with Crippen LogP contribution < -0.4 is 10.6 Å². The molecule has 1 aliphatic carbocycles. The van der Waals surface area contributed by atoms with Crippen molar-refractivity contribution in [1.82, 2.24) is 0 Å². The van der Waals surface area contributed by atoms with E-state index in [2.05, 4.69) is 10.6 Å². The van der Waals surface area contributed by atoms with Crippen molar-refractivity contribution in [3.8, 4) is 0 Å². The summed E-state index contributed by atoms with van der Waals surface area (Å²) < 4.78 is 36.5. The maximum atomic E-state index is 12.2. The fraction of sp³-hybridized carbons (Fsp3) is 0.462. The number of hydrogen-bond acceptors (Lipinski definition) is 2. The minimum Gasteiger partial charge on any atom is -0.375 e. The van der Waals surface area contributed by atoms with Crippen LogP contribution in [0.2, 0.25) is 0 Å². The summed E-state index contributed by atoms with van der Waals surface area (Å²) in [5, 5.41) is 4.96. The Morgan fingerprint density at radius 2 is 1.89 bits per heavy atom. The summed E-state index contributed by atoms with van der Waals surface area (Å²) in [7, 11) is 0. The molecular formula is C13H15F3N2O. The van der Waals surface area contributed by atoms with Crippen molar-refractivity contribution in [2.75, 3.05) is 17.2 Å². The number of benzene rings is 1. The number of anilines is 2. The Kier molecular flexibility index (Phi) is 3.68. The highest BCUT2D eigenvalue weighted by Crippen LogP contribution is 2.39. The van der Waals surface area contributed by atoms with Crippen molar-refractivity contribution < 1.29 is 18.0 Å². The second-order valence-corrected chi connectivity index (χ2v) is 4.82. The van der Waals surface area contributed by atoms with Crippen LogP contribution in [0.1, 0.15) is 13.3 Å². The second kappa shape index (κ2) is 5.11. The number of carbonyl (C=O) groups excluding carboxylic acids is 1. The van der Waals surface area contributed by atoms with Crippen LogP contribution in [0.4, 0.5) is 24.5 Å². The van der Waals surface area contributed by atoms with E-state index >= 15 is 0 Å². The number of carbonyl (C=O) groups is 1. The Hall–Kier alpha value is -1.72. The lowest BCUT2D eigenvalue weighted by Crippen LogP contribution is -2.22. The molecule has 1 aliphatic rings. The van der Waals surface area contributed by atoms with Gasteiger partial charge in [-0.05, 0) is 24.5 Å². The largest absolute Gasteiger partial charge is 0.405 e. The van der Waals surface area contributed by atoms with E-state index in [4.69, 9.17) is 0 Å². The monoisotopic (exact) mass is 272 g/mol. The van der Waals surface area contributed by atoms with E-state index in [-0.39, 0.29) is 17.5 Å². The van der Waals surface area contributed by atoms with Crippen molar-refractivity contribution in [2.24, 2.45) is 11.8 Å². The summed E-state index contributed by atoms with van der Waals surface area (Å²) in [6, 6.07) is 6.39. The second-order valence-electron chi connectivity index (χ2n) is 4.82. The van der Waals surface area contributed by atoms with Gasteiger partial charge in [0.05, 0.1) is 11.4 Å². The Labute approximate surface area is 109 Å². The van der Waals surface area contributed by atoms with Crippen LogP contribution >= 0.6 is 0 Å². The quantitative estimate of drug-likeness (QED) is 0.883. The molecule has 1 aromatic rings. The van der Waals surface area contributed by atoms with E-state index in [1.54, 1.807) is 18.2 Å². The van der Waals surface area contributed by atoms with Gasteiger partial charge in [0.2, 0.25) is 5.91 Å². The average Bonchev–Trinajstić information content (AvgIpc) is 3.04. The molecule has 6 heteroatoms. The Morgan fingerprint density at radius 3 is 2.42 bits per heavy atom. The van der Waals surface area contributed by atoms with Gasteiger partial charge >= 0.3 is 6.18 Å². The maximum absolute atomic E-state index is 12.2. The molecule has 0 bridgehead atoms. The molecule has 1 fully saturated rings. The molecule has 19 heavy (non-hydrogen) atoms. The minimum atomic E-state index is -4.29. The Morgan fingerprint density at radius 1 is 1.32 bits per heavy atom. The van der Waals surface area contributed by atoms with Gasteiger partial charge in [-0.15, -0.1) is 0 Å². The molecular weight excluding hydrogens is 257 g/mol. The molecule has 0 aliphatic heterocycles. The van der Waals surface area contributed by atoms with Crippen LogP contribution in [-0.4, -0.2) is 18.6 Å². The molecule has 0 unspecified atom stereocenters. The number of hydrogen-bond donors (Lipinski definition) is 2. The number of rotatable bonds is 4. The Balaban J connectivity index is 2.01. The zero-order chi connectivity index (χ0) is 14.0. The highest BCUT2D eigenvalue weighted by molar-refractivity contribution is 5.97. The van der Waals surface area contributed by atoms with Gasteiger partial charge in [0.15, 0.2) is 0 Å². The SMILES string of the molecule is C[C@H]1C[C@@H]1C(=O)Nc1ccccc1NCC(F)(F)F. The normalized spacial score (nSPS) is 21.9. The number of amides is 1. The lowest BCUT2D eigenvalue weighted by atomic mass is 10.2. The van der Waals surface area contributed by atoms with Gasteiger partial charge in [0.1, 0.15) is 6.54 Å².